The van der Waals surface area contributed by atoms with Crippen LogP contribution in [0.4, 0.5) is 34.1 Å². The Hall–Kier alpha value is -10.7. The highest BCUT2D eigenvalue weighted by Crippen LogP contribution is 2.56. The van der Waals surface area contributed by atoms with E-state index < -0.39 is 119 Å². The van der Waals surface area contributed by atoms with Crippen molar-refractivity contribution in [1.29, 1.82) is 0 Å². The Morgan fingerprint density at radius 2 is 0.584 bits per heavy atom. The van der Waals surface area contributed by atoms with Gasteiger partial charge in [-0.25, -0.2) is 15.0 Å². The van der Waals surface area contributed by atoms with Crippen LogP contribution in [0.25, 0.3) is 89.8 Å². The second-order valence-electron chi connectivity index (χ2n) is 31.9. The number of aromatic nitrogens is 3. The van der Waals surface area contributed by atoms with Crippen molar-refractivity contribution in [3.63, 3.8) is 0 Å². The smallest absolute Gasteiger partial charge is 0.252 e. The number of nitrogens with zero attached hydrogens (tertiary/aromatic N) is 5. The molecule has 15 rings (SSSR count). The van der Waals surface area contributed by atoms with Gasteiger partial charge < -0.3 is 9.80 Å². The molecule has 5 nitrogen and oxygen atoms in total. The zero-order valence-corrected chi connectivity index (χ0v) is 60.1. The van der Waals surface area contributed by atoms with Crippen LogP contribution in [0.3, 0.4) is 0 Å². The summed E-state index contributed by atoms with van der Waals surface area (Å²) in [4.78, 5) is 20.2. The maximum Gasteiger partial charge on any atom is 0.252 e. The molecule has 0 N–H and O–H groups in total. The van der Waals surface area contributed by atoms with Gasteiger partial charge in [-0.1, -0.05) is 328 Å². The quantitative estimate of drug-likeness (QED) is 0.128. The van der Waals surface area contributed by atoms with Crippen LogP contribution in [-0.4, -0.2) is 21.7 Å². The van der Waals surface area contributed by atoms with Crippen LogP contribution < -0.4 is 26.2 Å². The SMILES string of the molecule is [2H]c1c([2H])c([2H])c(-c2ccc3c(c2)N(c2c(-c4ccccc4)cc(C(C)(C)C)cc2-c2ccccc2)c2cc(C(C)(C)C)cc4c2B3c2ccc(-c3cc(C(C)(C)C)cc(C(C)(C)C)c3)cc2N4c2c(-c3ccccc3)cc(C(C)(C)C)cc2-c2nc(-c3c([2H])c([2H])c([2H])c([2H])c3[2H])nc(-c3c([2H])c([2H])c([2H])c([2H])c3[2H])n2)c([2H])c1[2H]. The summed E-state index contributed by atoms with van der Waals surface area (Å²) in [5.41, 5.74) is 16.2. The number of fused-ring (bicyclic) bond motifs is 4. The topological polar surface area (TPSA) is 45.2 Å². The van der Waals surface area contributed by atoms with Gasteiger partial charge in [-0.3, -0.25) is 0 Å². The summed E-state index contributed by atoms with van der Waals surface area (Å²) in [5.74, 6) is -0.957. The first-order valence-electron chi connectivity index (χ1n) is 42.2. The third kappa shape index (κ3) is 12.5. The van der Waals surface area contributed by atoms with Crippen LogP contribution in [0.2, 0.25) is 0 Å². The van der Waals surface area contributed by atoms with E-state index in [0.717, 1.165) is 94.5 Å². The molecule has 13 aromatic rings. The molecule has 498 valence electrons. The number of benzene rings is 12. The molecule has 2 aliphatic rings. The van der Waals surface area contributed by atoms with Crippen molar-refractivity contribution in [2.24, 2.45) is 0 Å². The first kappa shape index (κ1) is 50.6. The number of hydrogen-bond acceptors (Lipinski definition) is 5. The fourth-order valence-corrected chi connectivity index (χ4v) is 14.0. The van der Waals surface area contributed by atoms with E-state index in [1.54, 1.807) is 0 Å². The largest absolute Gasteiger partial charge is 0.310 e. The van der Waals surface area contributed by atoms with E-state index in [9.17, 15) is 8.22 Å². The van der Waals surface area contributed by atoms with Crippen molar-refractivity contribution in [3.05, 3.63) is 300 Å². The molecule has 12 aromatic carbocycles. The average Bonchev–Trinajstić information content (AvgIpc) is 0.684. The number of rotatable bonds is 10. The van der Waals surface area contributed by atoms with Gasteiger partial charge in [0.2, 0.25) is 0 Å². The average molecular weight is 1330 g/mol. The van der Waals surface area contributed by atoms with E-state index in [-0.39, 0.29) is 39.7 Å². The minimum absolute atomic E-state index is 0.0396. The Balaban J connectivity index is 1.19. The minimum Gasteiger partial charge on any atom is -0.310 e. The van der Waals surface area contributed by atoms with E-state index in [2.05, 4.69) is 211 Å². The Morgan fingerprint density at radius 1 is 0.267 bits per heavy atom. The molecule has 101 heavy (non-hydrogen) atoms. The van der Waals surface area contributed by atoms with Gasteiger partial charge in [0.15, 0.2) is 17.5 Å². The van der Waals surface area contributed by atoms with Gasteiger partial charge in [0.05, 0.1) is 31.9 Å². The molecule has 0 spiro atoms. The number of anilines is 6. The van der Waals surface area contributed by atoms with Crippen molar-refractivity contribution in [2.45, 2.75) is 131 Å². The molecular weight excluding hydrogens is 1220 g/mol. The third-order valence-electron chi connectivity index (χ3n) is 19.7. The Morgan fingerprint density at radius 3 is 0.960 bits per heavy atom. The van der Waals surface area contributed by atoms with Crippen LogP contribution in [-0.2, 0) is 27.1 Å². The van der Waals surface area contributed by atoms with Crippen LogP contribution in [0, 0.1) is 0 Å². The normalized spacial score (nSPS) is 15.1. The van der Waals surface area contributed by atoms with Crippen molar-refractivity contribution in [2.75, 3.05) is 9.80 Å². The Kier molecular flexibility index (Phi) is 12.6. The zero-order chi connectivity index (χ0) is 83.5. The van der Waals surface area contributed by atoms with Crippen molar-refractivity contribution < 1.29 is 20.6 Å². The molecule has 0 radical (unpaired) electrons. The molecule has 0 unspecified atom stereocenters. The predicted octanol–water partition coefficient (Wildman–Crippen LogP) is 23.8. The molecule has 2 aliphatic heterocycles. The van der Waals surface area contributed by atoms with E-state index in [4.69, 9.17) is 27.3 Å². The second kappa shape index (κ2) is 25.2. The summed E-state index contributed by atoms with van der Waals surface area (Å²) in [7, 11) is 0. The molecule has 3 heterocycles. The highest BCUT2D eigenvalue weighted by Gasteiger charge is 2.47. The van der Waals surface area contributed by atoms with Crippen molar-refractivity contribution in [1.82, 2.24) is 15.0 Å². The summed E-state index contributed by atoms with van der Waals surface area (Å²) >= 11 is 0. The first-order chi connectivity index (χ1) is 54.5. The van der Waals surface area contributed by atoms with E-state index >= 15 is 0 Å². The zero-order valence-electron chi connectivity index (χ0n) is 75.1. The second-order valence-corrected chi connectivity index (χ2v) is 31.9. The molecule has 0 fully saturated rings. The van der Waals surface area contributed by atoms with Gasteiger partial charge in [-0.15, -0.1) is 0 Å². The van der Waals surface area contributed by atoms with E-state index in [1.165, 1.54) is 0 Å². The standard InChI is InChI=1S/C95H90BN5/c1-91(2,3)70-50-69(51-71(54-70)92(4,5)6)68-47-49-80-82(53-68)101(87-77(64-40-28-19-29-41-64)57-73(94(10,11)12)58-78(87)90-98-88(65-42-30-20-31-43-65)97-89(99-90)66-44-32-21-33-45-66)84-60-74(95(13,14)15)59-83-85(84)96(80)79-48-46-67(61-34-22-16-23-35-61)52-81(79)100(83)86-75(62-36-24-17-25-37-62)55-72(93(7,8)9)56-76(86)63-38-26-18-27-39-63/h16-60H,1-15H3/i16D,20D,21D,22D,23D,30D,31D,32D,33D,34D,35D,42D,43D,44D,45D. The summed E-state index contributed by atoms with van der Waals surface area (Å²) < 4.78 is 138. The van der Waals surface area contributed by atoms with Gasteiger partial charge >= 0.3 is 0 Å². The highest BCUT2D eigenvalue weighted by atomic mass is 15.2. The van der Waals surface area contributed by atoms with Crippen LogP contribution in [0.1, 0.15) is 152 Å². The van der Waals surface area contributed by atoms with Gasteiger partial charge in [-0.2, -0.15) is 0 Å². The maximum atomic E-state index is 9.64. The maximum absolute atomic E-state index is 9.64. The molecule has 0 bridgehead atoms. The summed E-state index contributed by atoms with van der Waals surface area (Å²) in [6.07, 6.45) is 0. The monoisotopic (exact) mass is 1330 g/mol. The lowest BCUT2D eigenvalue weighted by molar-refractivity contribution is 0.569. The lowest BCUT2D eigenvalue weighted by atomic mass is 9.33. The molecule has 0 amide bonds. The highest BCUT2D eigenvalue weighted by molar-refractivity contribution is 7.00. The lowest BCUT2D eigenvalue weighted by Crippen LogP contribution is -2.61. The fraction of sp³-hybridized carbons (Fsp3) is 0.211. The van der Waals surface area contributed by atoms with Crippen LogP contribution >= 0.6 is 0 Å². The molecular formula is C95H90BN5. The number of hydrogen-bond donors (Lipinski definition) is 0. The van der Waals surface area contributed by atoms with Crippen molar-refractivity contribution in [3.8, 4) is 89.8 Å². The molecule has 1 aromatic heterocycles. The van der Waals surface area contributed by atoms with Crippen LogP contribution in [0.5, 0.6) is 0 Å². The van der Waals surface area contributed by atoms with Gasteiger partial charge in [-0.05, 0) is 159 Å². The Bertz CT molecular complexity index is 5990. The van der Waals surface area contributed by atoms with Crippen LogP contribution in [0.15, 0.2) is 273 Å². The molecule has 6 heteroatoms. The molecule has 0 saturated carbocycles. The third-order valence-corrected chi connectivity index (χ3v) is 19.7. The predicted molar refractivity (Wildman–Crippen MR) is 431 cm³/mol. The van der Waals surface area contributed by atoms with Gasteiger partial charge in [0.25, 0.3) is 6.71 Å². The van der Waals surface area contributed by atoms with Crippen molar-refractivity contribution >= 4 is 57.2 Å². The molecule has 0 atom stereocenters. The lowest BCUT2D eigenvalue weighted by Gasteiger charge is -2.46. The minimum atomic E-state index is -0.673. The fourth-order valence-electron chi connectivity index (χ4n) is 14.0. The summed E-state index contributed by atoms with van der Waals surface area (Å²) in [6, 6.07) is 54.6. The molecule has 0 aliphatic carbocycles. The summed E-state index contributed by atoms with van der Waals surface area (Å²) in [6.45, 7) is 32.1. The molecule has 0 saturated heterocycles. The first-order valence-corrected chi connectivity index (χ1v) is 34.7. The van der Waals surface area contributed by atoms with Gasteiger partial charge in [0, 0.05) is 56.1 Å². The van der Waals surface area contributed by atoms with E-state index in [1.807, 2.05) is 84.9 Å². The van der Waals surface area contributed by atoms with E-state index in [0.29, 0.717) is 39.4 Å². The Labute approximate surface area is 620 Å². The van der Waals surface area contributed by atoms with Gasteiger partial charge in [0.1, 0.15) is 0 Å². The summed E-state index contributed by atoms with van der Waals surface area (Å²) in [5, 5.41) is 0.